The van der Waals surface area contributed by atoms with Crippen molar-refractivity contribution >= 4 is 33.8 Å². The number of aromatic nitrogens is 2. The third kappa shape index (κ3) is 2.80. The SMILES string of the molecule is CCc1cnc(C(C)Nc2nc3c(s2)CCC3C(=O)O)s1. The number of carboxylic acids is 1. The molecule has 0 saturated carbocycles. The lowest BCUT2D eigenvalue weighted by molar-refractivity contribution is -0.138. The standard InChI is InChI=1S/C14H17N3O2S2/c1-3-8-6-15-12(20-8)7(2)16-14-17-11-9(13(18)19)4-5-10(11)21-14/h6-7,9H,3-5H2,1-2H3,(H,16,17)(H,18,19). The average molecular weight is 323 g/mol. The highest BCUT2D eigenvalue weighted by Gasteiger charge is 2.32. The largest absolute Gasteiger partial charge is 0.481 e. The molecule has 2 unspecified atom stereocenters. The van der Waals surface area contributed by atoms with Gasteiger partial charge in [0.15, 0.2) is 5.13 Å². The molecule has 1 aliphatic carbocycles. The maximum Gasteiger partial charge on any atom is 0.312 e. The summed E-state index contributed by atoms with van der Waals surface area (Å²) in [6.07, 6.45) is 4.40. The zero-order valence-corrected chi connectivity index (χ0v) is 13.6. The van der Waals surface area contributed by atoms with Crippen molar-refractivity contribution < 1.29 is 9.90 Å². The summed E-state index contributed by atoms with van der Waals surface area (Å²) < 4.78 is 0. The highest BCUT2D eigenvalue weighted by Crippen LogP contribution is 2.39. The minimum atomic E-state index is -0.772. The summed E-state index contributed by atoms with van der Waals surface area (Å²) in [6, 6.07) is 0.0878. The van der Waals surface area contributed by atoms with Gasteiger partial charge in [-0.25, -0.2) is 9.97 Å². The van der Waals surface area contributed by atoms with Crippen molar-refractivity contribution in [2.24, 2.45) is 0 Å². The Morgan fingerprint density at radius 1 is 1.57 bits per heavy atom. The highest BCUT2D eigenvalue weighted by atomic mass is 32.1. The Morgan fingerprint density at radius 2 is 2.38 bits per heavy atom. The molecule has 2 aromatic heterocycles. The van der Waals surface area contributed by atoms with Gasteiger partial charge in [0.1, 0.15) is 10.9 Å². The molecule has 0 fully saturated rings. The first-order valence-corrected chi connectivity index (χ1v) is 8.65. The van der Waals surface area contributed by atoms with Gasteiger partial charge >= 0.3 is 5.97 Å². The maximum atomic E-state index is 11.2. The highest BCUT2D eigenvalue weighted by molar-refractivity contribution is 7.15. The first kappa shape index (κ1) is 14.5. The Kier molecular flexibility index (Phi) is 3.95. The number of carboxylic acid groups (broad SMARTS) is 1. The summed E-state index contributed by atoms with van der Waals surface area (Å²) in [5.41, 5.74) is 0.746. The molecular formula is C14H17N3O2S2. The van der Waals surface area contributed by atoms with E-state index in [4.69, 9.17) is 0 Å². The van der Waals surface area contributed by atoms with Crippen LogP contribution in [0.25, 0.3) is 0 Å². The van der Waals surface area contributed by atoms with E-state index in [0.29, 0.717) is 6.42 Å². The lowest BCUT2D eigenvalue weighted by atomic mass is 10.1. The van der Waals surface area contributed by atoms with E-state index in [1.807, 2.05) is 6.20 Å². The second-order valence-corrected chi connectivity index (χ2v) is 7.37. The molecule has 7 heteroatoms. The lowest BCUT2D eigenvalue weighted by Gasteiger charge is -2.09. The molecule has 0 radical (unpaired) electrons. The van der Waals surface area contributed by atoms with Crippen molar-refractivity contribution in [3.05, 3.63) is 26.7 Å². The zero-order valence-electron chi connectivity index (χ0n) is 11.9. The Balaban J connectivity index is 1.74. The molecular weight excluding hydrogens is 306 g/mol. The Hall–Kier alpha value is -1.47. The number of fused-ring (bicyclic) bond motifs is 1. The Bertz CT molecular complexity index is 665. The quantitative estimate of drug-likeness (QED) is 0.881. The van der Waals surface area contributed by atoms with Crippen LogP contribution in [0, 0.1) is 0 Å². The molecule has 0 bridgehead atoms. The smallest absolute Gasteiger partial charge is 0.312 e. The molecule has 21 heavy (non-hydrogen) atoms. The van der Waals surface area contributed by atoms with Crippen LogP contribution >= 0.6 is 22.7 Å². The predicted octanol–water partition coefficient (Wildman–Crippen LogP) is 3.45. The van der Waals surface area contributed by atoms with Gasteiger partial charge in [-0.2, -0.15) is 0 Å². The molecule has 2 atom stereocenters. The minimum absolute atomic E-state index is 0.0878. The third-order valence-electron chi connectivity index (χ3n) is 3.65. The van der Waals surface area contributed by atoms with Crippen LogP contribution in [0.2, 0.25) is 0 Å². The van der Waals surface area contributed by atoms with Crippen LogP contribution in [0.3, 0.4) is 0 Å². The molecule has 0 amide bonds. The molecule has 2 heterocycles. The topological polar surface area (TPSA) is 75.1 Å². The van der Waals surface area contributed by atoms with Gasteiger partial charge in [-0.15, -0.1) is 22.7 Å². The van der Waals surface area contributed by atoms with Crippen LogP contribution in [0.1, 0.15) is 52.7 Å². The number of aliphatic carboxylic acids is 1. The number of hydrogen-bond acceptors (Lipinski definition) is 6. The molecule has 2 N–H and O–H groups in total. The number of nitrogens with zero attached hydrogens (tertiary/aromatic N) is 2. The molecule has 112 valence electrons. The molecule has 2 aromatic rings. The van der Waals surface area contributed by atoms with Crippen LogP contribution in [0.5, 0.6) is 0 Å². The van der Waals surface area contributed by atoms with Crippen molar-refractivity contribution in [1.82, 2.24) is 9.97 Å². The molecule has 0 spiro atoms. The predicted molar refractivity (Wildman–Crippen MR) is 84.3 cm³/mol. The number of hydrogen-bond donors (Lipinski definition) is 2. The fourth-order valence-corrected chi connectivity index (χ4v) is 4.45. The lowest BCUT2D eigenvalue weighted by Crippen LogP contribution is -2.10. The monoisotopic (exact) mass is 323 g/mol. The van der Waals surface area contributed by atoms with E-state index in [1.165, 1.54) is 4.88 Å². The zero-order chi connectivity index (χ0) is 15.0. The van der Waals surface area contributed by atoms with Gasteiger partial charge in [0.25, 0.3) is 0 Å². The van der Waals surface area contributed by atoms with Gasteiger partial charge in [-0.1, -0.05) is 6.92 Å². The molecule has 0 aromatic carbocycles. The van der Waals surface area contributed by atoms with Crippen LogP contribution in [-0.2, 0) is 17.6 Å². The summed E-state index contributed by atoms with van der Waals surface area (Å²) in [5.74, 6) is -1.21. The number of nitrogens with one attached hydrogen (secondary N) is 1. The third-order valence-corrected chi connectivity index (χ3v) is 6.03. The fraction of sp³-hybridized carbons (Fsp3) is 0.500. The Labute approximate surface area is 131 Å². The van der Waals surface area contributed by atoms with Crippen LogP contribution in [0.15, 0.2) is 6.20 Å². The van der Waals surface area contributed by atoms with Crippen molar-refractivity contribution in [2.75, 3.05) is 5.32 Å². The first-order chi connectivity index (χ1) is 10.1. The number of thiazole rings is 2. The second kappa shape index (κ2) is 5.73. The van der Waals surface area contributed by atoms with Crippen molar-refractivity contribution in [1.29, 1.82) is 0 Å². The van der Waals surface area contributed by atoms with Gasteiger partial charge in [0.05, 0.1) is 11.7 Å². The number of carbonyl (C=O) groups is 1. The van der Waals surface area contributed by atoms with Gasteiger partial charge in [0.2, 0.25) is 0 Å². The summed E-state index contributed by atoms with van der Waals surface area (Å²) in [5, 5.41) is 14.4. The van der Waals surface area contributed by atoms with Crippen LogP contribution < -0.4 is 5.32 Å². The van der Waals surface area contributed by atoms with E-state index >= 15 is 0 Å². The van der Waals surface area contributed by atoms with Gasteiger partial charge in [0, 0.05) is 16.0 Å². The second-order valence-electron chi connectivity index (χ2n) is 5.14. The number of rotatable bonds is 5. The van der Waals surface area contributed by atoms with Gasteiger partial charge in [-0.05, 0) is 26.2 Å². The van der Waals surface area contributed by atoms with E-state index in [0.717, 1.165) is 33.6 Å². The van der Waals surface area contributed by atoms with E-state index in [-0.39, 0.29) is 6.04 Å². The van der Waals surface area contributed by atoms with E-state index in [9.17, 15) is 9.90 Å². The van der Waals surface area contributed by atoms with Crippen LogP contribution in [0.4, 0.5) is 5.13 Å². The summed E-state index contributed by atoms with van der Waals surface area (Å²) >= 11 is 3.28. The summed E-state index contributed by atoms with van der Waals surface area (Å²) in [7, 11) is 0. The molecule has 5 nitrogen and oxygen atoms in total. The summed E-state index contributed by atoms with van der Waals surface area (Å²) in [4.78, 5) is 22.5. The molecule has 0 aliphatic heterocycles. The van der Waals surface area contributed by atoms with Crippen molar-refractivity contribution in [3.8, 4) is 0 Å². The normalized spacial score (nSPS) is 18.5. The molecule has 1 aliphatic rings. The van der Waals surface area contributed by atoms with Crippen LogP contribution in [-0.4, -0.2) is 21.0 Å². The van der Waals surface area contributed by atoms with Gasteiger partial charge in [-0.3, -0.25) is 4.79 Å². The van der Waals surface area contributed by atoms with Crippen molar-refractivity contribution in [3.63, 3.8) is 0 Å². The Morgan fingerprint density at radius 3 is 3.05 bits per heavy atom. The maximum absolute atomic E-state index is 11.2. The number of anilines is 1. The van der Waals surface area contributed by atoms with E-state index in [1.54, 1.807) is 22.7 Å². The summed E-state index contributed by atoms with van der Waals surface area (Å²) in [6.45, 7) is 4.17. The fourth-order valence-electron chi connectivity index (χ4n) is 2.46. The first-order valence-electron chi connectivity index (χ1n) is 7.02. The van der Waals surface area contributed by atoms with E-state index < -0.39 is 11.9 Å². The van der Waals surface area contributed by atoms with Gasteiger partial charge < -0.3 is 10.4 Å². The van der Waals surface area contributed by atoms with Crippen molar-refractivity contribution in [2.45, 2.75) is 45.1 Å². The molecule has 3 rings (SSSR count). The average Bonchev–Trinajstić information content (AvgIpc) is 3.11. The van der Waals surface area contributed by atoms with E-state index in [2.05, 4.69) is 29.1 Å². The molecule has 0 saturated heterocycles. The minimum Gasteiger partial charge on any atom is -0.481 e. The number of aryl methyl sites for hydroxylation is 2.